The Bertz CT molecular complexity index is 813. The molecule has 0 radical (unpaired) electrons. The van der Waals surface area contributed by atoms with Crippen LogP contribution < -0.4 is 10.8 Å². The summed E-state index contributed by atoms with van der Waals surface area (Å²) in [5.74, 6) is -1.91. The van der Waals surface area contributed by atoms with Crippen LogP contribution >= 0.6 is 11.3 Å². The number of aliphatic hydroxyl groups excluding tert-OH is 1. The minimum atomic E-state index is -1.69. The summed E-state index contributed by atoms with van der Waals surface area (Å²) in [5, 5.41) is 27.8. The number of nitrogens with zero attached hydrogens (tertiary/aromatic N) is 2. The number of carbonyl (C=O) groups is 2. The quantitative estimate of drug-likeness (QED) is 0.377. The molecule has 2 heterocycles. The molecule has 9 nitrogen and oxygen atoms in total. The third kappa shape index (κ3) is 5.84. The van der Waals surface area contributed by atoms with E-state index >= 15 is 0 Å². The van der Waals surface area contributed by atoms with Gasteiger partial charge in [-0.25, -0.2) is 5.48 Å². The van der Waals surface area contributed by atoms with Gasteiger partial charge in [-0.1, -0.05) is 45.8 Å². The molecular weight excluding hydrogens is 396 g/mol. The van der Waals surface area contributed by atoms with Gasteiger partial charge in [0, 0.05) is 0 Å². The Balaban J connectivity index is 2.28. The van der Waals surface area contributed by atoms with Crippen LogP contribution in [0.3, 0.4) is 0 Å². The summed E-state index contributed by atoms with van der Waals surface area (Å²) in [6.45, 7) is 9.48. The molecule has 0 aromatic carbocycles. The van der Waals surface area contributed by atoms with E-state index in [0.717, 1.165) is 4.88 Å². The van der Waals surface area contributed by atoms with E-state index in [-0.39, 0.29) is 12.3 Å². The molecule has 0 saturated heterocycles. The summed E-state index contributed by atoms with van der Waals surface area (Å²) in [5.41, 5.74) is 0.927. The van der Waals surface area contributed by atoms with Crippen molar-refractivity contribution in [2.45, 2.75) is 53.2 Å². The summed E-state index contributed by atoms with van der Waals surface area (Å²) in [7, 11) is 0. The molecule has 29 heavy (non-hydrogen) atoms. The van der Waals surface area contributed by atoms with Crippen molar-refractivity contribution in [2.24, 2.45) is 17.3 Å². The number of aliphatic hydroxyl groups is 1. The number of aromatic nitrogens is 2. The van der Waals surface area contributed by atoms with Crippen LogP contribution in [0.25, 0.3) is 10.8 Å². The smallest absolute Gasteiger partial charge is 0.272 e. The highest BCUT2D eigenvalue weighted by Crippen LogP contribution is 2.33. The topological polar surface area (TPSA) is 138 Å². The summed E-state index contributed by atoms with van der Waals surface area (Å²) in [4.78, 5) is 29.9. The normalized spacial score (nSPS) is 15.0. The van der Waals surface area contributed by atoms with Crippen LogP contribution in [0.1, 0.15) is 52.9 Å². The highest BCUT2D eigenvalue weighted by atomic mass is 32.1. The minimum absolute atomic E-state index is 0.0376. The zero-order valence-electron chi connectivity index (χ0n) is 17.2. The summed E-state index contributed by atoms with van der Waals surface area (Å²) in [6, 6.07) is 3.11. The van der Waals surface area contributed by atoms with Crippen LogP contribution in [0, 0.1) is 17.3 Å². The Kier molecular flexibility index (Phi) is 7.50. The Hall–Kier alpha value is -2.30. The van der Waals surface area contributed by atoms with Crippen LogP contribution in [0.15, 0.2) is 22.0 Å². The highest BCUT2D eigenvalue weighted by molar-refractivity contribution is 7.13. The van der Waals surface area contributed by atoms with Gasteiger partial charge in [0.1, 0.15) is 6.10 Å². The lowest BCUT2D eigenvalue weighted by atomic mass is 9.84. The van der Waals surface area contributed by atoms with Gasteiger partial charge >= 0.3 is 0 Å². The number of amides is 2. The van der Waals surface area contributed by atoms with Gasteiger partial charge in [-0.05, 0) is 29.2 Å². The molecule has 0 fully saturated rings. The molecule has 2 aromatic rings. The van der Waals surface area contributed by atoms with E-state index in [1.165, 1.54) is 16.8 Å². The average molecular weight is 425 g/mol. The summed E-state index contributed by atoms with van der Waals surface area (Å²) in [6.07, 6.45) is -1.43. The molecule has 0 aliphatic rings. The molecule has 0 aliphatic carbocycles. The van der Waals surface area contributed by atoms with E-state index in [0.29, 0.717) is 11.7 Å². The molecular formula is C19H28N4O5S. The molecule has 3 atom stereocenters. The molecule has 4 N–H and O–H groups in total. The molecule has 0 spiro atoms. The zero-order valence-corrected chi connectivity index (χ0v) is 18.0. The number of hydroxylamine groups is 1. The maximum atomic E-state index is 13.0. The van der Waals surface area contributed by atoms with Gasteiger partial charge in [0.15, 0.2) is 5.82 Å². The lowest BCUT2D eigenvalue weighted by Crippen LogP contribution is -2.48. The summed E-state index contributed by atoms with van der Waals surface area (Å²) >= 11 is 1.46. The minimum Gasteiger partial charge on any atom is -0.382 e. The van der Waals surface area contributed by atoms with Crippen molar-refractivity contribution in [3.8, 4) is 10.8 Å². The van der Waals surface area contributed by atoms with Gasteiger partial charge in [0.2, 0.25) is 5.91 Å². The molecule has 160 valence electrons. The molecule has 10 heteroatoms. The van der Waals surface area contributed by atoms with Crippen molar-refractivity contribution in [3.05, 3.63) is 23.3 Å². The third-order valence-electron chi connectivity index (χ3n) is 4.41. The van der Waals surface area contributed by atoms with E-state index in [4.69, 9.17) is 9.73 Å². The fourth-order valence-corrected chi connectivity index (χ4v) is 3.55. The number of rotatable bonds is 8. The van der Waals surface area contributed by atoms with Crippen molar-refractivity contribution >= 4 is 23.2 Å². The van der Waals surface area contributed by atoms with Crippen LogP contribution in [-0.4, -0.2) is 38.4 Å². The largest absolute Gasteiger partial charge is 0.382 e. The van der Waals surface area contributed by atoms with Gasteiger partial charge in [-0.3, -0.25) is 14.8 Å². The molecule has 2 amide bonds. The third-order valence-corrected chi connectivity index (χ3v) is 5.26. The second kappa shape index (κ2) is 9.47. The van der Waals surface area contributed by atoms with Gasteiger partial charge in [0.25, 0.3) is 11.8 Å². The van der Waals surface area contributed by atoms with Crippen LogP contribution in [0.5, 0.6) is 0 Å². The van der Waals surface area contributed by atoms with Crippen LogP contribution in [0.4, 0.5) is 0 Å². The molecule has 2 rings (SSSR count). The van der Waals surface area contributed by atoms with E-state index in [2.05, 4.69) is 15.5 Å². The average Bonchev–Trinajstić information content (AvgIpc) is 3.32. The number of carbonyl (C=O) groups excluding carboxylic acids is 2. The van der Waals surface area contributed by atoms with E-state index in [9.17, 15) is 14.7 Å². The maximum absolute atomic E-state index is 13.0. The zero-order chi connectivity index (χ0) is 21.8. The van der Waals surface area contributed by atoms with Gasteiger partial charge < -0.3 is 14.9 Å². The maximum Gasteiger partial charge on any atom is 0.272 e. The molecule has 0 bridgehead atoms. The van der Waals surface area contributed by atoms with Gasteiger partial charge in [-0.15, -0.1) is 11.3 Å². The molecule has 0 aliphatic heterocycles. The first-order valence-electron chi connectivity index (χ1n) is 9.34. The number of nitrogens with one attached hydrogen (secondary N) is 2. The molecule has 0 saturated carbocycles. The second-order valence-electron chi connectivity index (χ2n) is 8.40. The van der Waals surface area contributed by atoms with Crippen molar-refractivity contribution in [1.82, 2.24) is 20.9 Å². The number of hydrogen-bond acceptors (Lipinski definition) is 8. The SMILES string of the molecule is CC(C)CC(C(=O)NC(c1noc(-c2cccs2)n1)C(C)(C)C)[C@H](O)C(=O)NO. The monoisotopic (exact) mass is 424 g/mol. The van der Waals surface area contributed by atoms with Gasteiger partial charge in [0.05, 0.1) is 16.8 Å². The fourth-order valence-electron chi connectivity index (χ4n) is 2.91. The molecule has 2 unspecified atom stereocenters. The Morgan fingerprint density at radius 3 is 2.48 bits per heavy atom. The Morgan fingerprint density at radius 2 is 1.97 bits per heavy atom. The lowest BCUT2D eigenvalue weighted by Gasteiger charge is -2.31. The number of hydrogen-bond donors (Lipinski definition) is 4. The predicted octanol–water partition coefficient (Wildman–Crippen LogP) is 2.53. The lowest BCUT2D eigenvalue weighted by molar-refractivity contribution is -0.147. The Labute approximate surface area is 173 Å². The first kappa shape index (κ1) is 23.0. The van der Waals surface area contributed by atoms with E-state index in [1.54, 1.807) is 0 Å². The van der Waals surface area contributed by atoms with E-state index in [1.807, 2.05) is 52.1 Å². The van der Waals surface area contributed by atoms with E-state index < -0.39 is 35.3 Å². The van der Waals surface area contributed by atoms with Crippen molar-refractivity contribution < 1.29 is 24.4 Å². The highest BCUT2D eigenvalue weighted by Gasteiger charge is 2.38. The first-order valence-corrected chi connectivity index (χ1v) is 10.2. The Morgan fingerprint density at radius 1 is 1.28 bits per heavy atom. The van der Waals surface area contributed by atoms with Crippen LogP contribution in [-0.2, 0) is 9.59 Å². The fraction of sp³-hybridized carbons (Fsp3) is 0.579. The first-order chi connectivity index (χ1) is 13.5. The van der Waals surface area contributed by atoms with Crippen molar-refractivity contribution in [3.63, 3.8) is 0 Å². The van der Waals surface area contributed by atoms with Gasteiger partial charge in [-0.2, -0.15) is 4.98 Å². The van der Waals surface area contributed by atoms with Crippen LogP contribution in [0.2, 0.25) is 0 Å². The second-order valence-corrected chi connectivity index (χ2v) is 9.35. The molecule has 2 aromatic heterocycles. The standard InChI is InChI=1S/C19H28N4O5S/c1-10(2)9-11(13(24)17(26)22-27)16(25)20-14(19(3,4)5)15-21-18(28-23-15)12-7-6-8-29-12/h6-8,10-11,13-14,24,27H,9H2,1-5H3,(H,20,25)(H,22,26)/t11?,13-,14?/m0/s1. The van der Waals surface area contributed by atoms with Crippen molar-refractivity contribution in [2.75, 3.05) is 0 Å². The van der Waals surface area contributed by atoms with Crippen molar-refractivity contribution in [1.29, 1.82) is 0 Å². The summed E-state index contributed by atoms with van der Waals surface area (Å²) < 4.78 is 5.35. The predicted molar refractivity (Wildman–Crippen MR) is 107 cm³/mol. The number of thiophene rings is 1.